The van der Waals surface area contributed by atoms with Gasteiger partial charge in [0.05, 0.1) is 30.1 Å². The molecule has 28 heavy (non-hydrogen) atoms. The molecule has 150 valence electrons. The van der Waals surface area contributed by atoms with Crippen LogP contribution < -0.4 is 14.8 Å². The summed E-state index contributed by atoms with van der Waals surface area (Å²) in [5.41, 5.74) is 0.732. The van der Waals surface area contributed by atoms with Gasteiger partial charge in [-0.15, -0.1) is 0 Å². The van der Waals surface area contributed by atoms with Crippen molar-refractivity contribution >= 4 is 27.5 Å². The number of sulfone groups is 1. The van der Waals surface area contributed by atoms with Crippen LogP contribution in [0.25, 0.3) is 6.08 Å². The van der Waals surface area contributed by atoms with E-state index in [0.29, 0.717) is 23.7 Å². The van der Waals surface area contributed by atoms with Gasteiger partial charge >= 0.3 is 0 Å². The molecule has 0 fully saturated rings. The maximum Gasteiger partial charge on any atom is 0.248 e. The molecule has 2 rings (SSSR count). The molecule has 0 saturated carbocycles. The summed E-state index contributed by atoms with van der Waals surface area (Å²) in [6.07, 6.45) is 2.84. The molecule has 0 heterocycles. The highest BCUT2D eigenvalue weighted by Gasteiger charge is 2.14. The maximum atomic E-state index is 12.2. The minimum Gasteiger partial charge on any atom is -0.506 e. The van der Waals surface area contributed by atoms with Crippen molar-refractivity contribution in [3.63, 3.8) is 0 Å². The van der Waals surface area contributed by atoms with E-state index < -0.39 is 15.7 Å². The second kappa shape index (κ2) is 9.27. The zero-order chi connectivity index (χ0) is 20.7. The molecule has 0 aromatic heterocycles. The predicted molar refractivity (Wildman–Crippen MR) is 108 cm³/mol. The van der Waals surface area contributed by atoms with Gasteiger partial charge in [-0.3, -0.25) is 4.79 Å². The summed E-state index contributed by atoms with van der Waals surface area (Å²) >= 11 is 0. The first kappa shape index (κ1) is 21.3. The molecule has 2 aromatic carbocycles. The number of phenols is 1. The fraction of sp³-hybridized carbons (Fsp3) is 0.250. The van der Waals surface area contributed by atoms with E-state index in [2.05, 4.69) is 5.32 Å². The van der Waals surface area contributed by atoms with Crippen LogP contribution in [-0.4, -0.2) is 38.9 Å². The van der Waals surface area contributed by atoms with Crippen LogP contribution in [0.2, 0.25) is 0 Å². The SMILES string of the molecule is CCOc1ccc(/C=C/C(=O)Nc2cc(S(=O)(=O)CC)ccc2O)cc1OC. The quantitative estimate of drug-likeness (QED) is 0.516. The Kier molecular flexibility index (Phi) is 7.06. The number of ether oxygens (including phenoxy) is 2. The molecule has 0 aliphatic rings. The van der Waals surface area contributed by atoms with Crippen LogP contribution in [0.5, 0.6) is 17.2 Å². The van der Waals surface area contributed by atoms with Crippen LogP contribution in [0.3, 0.4) is 0 Å². The summed E-state index contributed by atoms with van der Waals surface area (Å²) < 4.78 is 34.6. The number of methoxy groups -OCH3 is 1. The molecule has 0 aliphatic carbocycles. The van der Waals surface area contributed by atoms with E-state index in [1.54, 1.807) is 24.3 Å². The van der Waals surface area contributed by atoms with Gasteiger partial charge in [0, 0.05) is 6.08 Å². The highest BCUT2D eigenvalue weighted by atomic mass is 32.2. The van der Waals surface area contributed by atoms with Crippen molar-refractivity contribution in [2.45, 2.75) is 18.7 Å². The molecule has 0 spiro atoms. The molecule has 0 bridgehead atoms. The summed E-state index contributed by atoms with van der Waals surface area (Å²) in [4.78, 5) is 12.2. The summed E-state index contributed by atoms with van der Waals surface area (Å²) in [7, 11) is -1.93. The maximum absolute atomic E-state index is 12.2. The lowest BCUT2D eigenvalue weighted by molar-refractivity contribution is -0.111. The largest absolute Gasteiger partial charge is 0.506 e. The van der Waals surface area contributed by atoms with E-state index in [1.165, 1.54) is 38.3 Å². The van der Waals surface area contributed by atoms with E-state index in [9.17, 15) is 18.3 Å². The molecule has 2 N–H and O–H groups in total. The van der Waals surface area contributed by atoms with Crippen LogP contribution in [-0.2, 0) is 14.6 Å². The molecule has 7 nitrogen and oxygen atoms in total. The average Bonchev–Trinajstić information content (AvgIpc) is 2.68. The van der Waals surface area contributed by atoms with Crippen LogP contribution >= 0.6 is 0 Å². The Morgan fingerprint density at radius 1 is 1.14 bits per heavy atom. The van der Waals surface area contributed by atoms with E-state index in [0.717, 1.165) is 0 Å². The zero-order valence-corrected chi connectivity index (χ0v) is 16.7. The number of benzene rings is 2. The van der Waals surface area contributed by atoms with Crippen LogP contribution in [0.15, 0.2) is 47.4 Å². The average molecular weight is 405 g/mol. The van der Waals surface area contributed by atoms with Crippen molar-refractivity contribution in [1.82, 2.24) is 0 Å². The molecule has 8 heteroatoms. The smallest absolute Gasteiger partial charge is 0.248 e. The van der Waals surface area contributed by atoms with Crippen LogP contribution in [0, 0.1) is 0 Å². The molecule has 0 atom stereocenters. The van der Waals surface area contributed by atoms with Crippen molar-refractivity contribution in [3.05, 3.63) is 48.0 Å². The first-order valence-corrected chi connectivity index (χ1v) is 10.3. The molecule has 0 radical (unpaired) electrons. The monoisotopic (exact) mass is 405 g/mol. The second-order valence-corrected chi connectivity index (χ2v) is 8.03. The van der Waals surface area contributed by atoms with Gasteiger partial charge in [-0.1, -0.05) is 13.0 Å². The number of phenolic OH excluding ortho intramolecular Hbond substituents is 1. The van der Waals surface area contributed by atoms with Gasteiger partial charge in [0.25, 0.3) is 0 Å². The predicted octanol–water partition coefficient (Wildman–Crippen LogP) is 3.25. The van der Waals surface area contributed by atoms with Crippen molar-refractivity contribution in [2.24, 2.45) is 0 Å². The van der Waals surface area contributed by atoms with Gasteiger partial charge in [-0.2, -0.15) is 0 Å². The zero-order valence-electron chi connectivity index (χ0n) is 15.9. The van der Waals surface area contributed by atoms with E-state index in [4.69, 9.17) is 9.47 Å². The Morgan fingerprint density at radius 2 is 1.89 bits per heavy atom. The van der Waals surface area contributed by atoms with Crippen LogP contribution in [0.1, 0.15) is 19.4 Å². The molecule has 1 amide bonds. The molecule has 0 unspecified atom stereocenters. The second-order valence-electron chi connectivity index (χ2n) is 5.75. The number of anilines is 1. The molecule has 0 aliphatic heterocycles. The lowest BCUT2D eigenvalue weighted by atomic mass is 10.2. The van der Waals surface area contributed by atoms with E-state index in [-0.39, 0.29) is 22.1 Å². The standard InChI is InChI=1S/C20H23NO6S/c1-4-27-18-10-6-14(12-19(18)26-3)7-11-20(23)21-16-13-15(8-9-17(16)22)28(24,25)5-2/h6-13,22H,4-5H2,1-3H3,(H,21,23)/b11-7+. The van der Waals surface area contributed by atoms with Gasteiger partial charge in [0.15, 0.2) is 21.3 Å². The van der Waals surface area contributed by atoms with Crippen molar-refractivity contribution in [2.75, 3.05) is 24.8 Å². The third kappa shape index (κ3) is 5.26. The topological polar surface area (TPSA) is 102 Å². The summed E-state index contributed by atoms with van der Waals surface area (Å²) in [5, 5.41) is 12.4. The minimum absolute atomic E-state index is 0.0217. The lowest BCUT2D eigenvalue weighted by Gasteiger charge is -2.10. The first-order chi connectivity index (χ1) is 13.3. The van der Waals surface area contributed by atoms with Gasteiger partial charge in [0.2, 0.25) is 5.91 Å². The fourth-order valence-corrected chi connectivity index (χ4v) is 3.29. The Bertz CT molecular complexity index is 982. The highest BCUT2D eigenvalue weighted by Crippen LogP contribution is 2.29. The third-order valence-electron chi connectivity index (χ3n) is 3.88. The number of hydrogen-bond donors (Lipinski definition) is 2. The number of amides is 1. The summed E-state index contributed by atoms with van der Waals surface area (Å²) in [6.45, 7) is 3.90. The first-order valence-electron chi connectivity index (χ1n) is 8.66. The normalized spacial score (nSPS) is 11.4. The Labute approximate surface area is 164 Å². The van der Waals surface area contributed by atoms with E-state index >= 15 is 0 Å². The van der Waals surface area contributed by atoms with E-state index in [1.807, 2.05) is 6.92 Å². The third-order valence-corrected chi connectivity index (χ3v) is 5.61. The number of rotatable bonds is 8. The molecular weight excluding hydrogens is 382 g/mol. The number of aromatic hydroxyl groups is 1. The number of nitrogens with one attached hydrogen (secondary N) is 1. The Hall–Kier alpha value is -3.00. The number of carbonyl (C=O) groups is 1. The van der Waals surface area contributed by atoms with Gasteiger partial charge in [-0.25, -0.2) is 8.42 Å². The van der Waals surface area contributed by atoms with Crippen molar-refractivity contribution < 1.29 is 27.8 Å². The number of carbonyl (C=O) groups excluding carboxylic acids is 1. The van der Waals surface area contributed by atoms with Crippen LogP contribution in [0.4, 0.5) is 5.69 Å². The number of hydrogen-bond acceptors (Lipinski definition) is 6. The Balaban J connectivity index is 2.17. The van der Waals surface area contributed by atoms with Crippen molar-refractivity contribution in [3.8, 4) is 17.2 Å². The summed E-state index contributed by atoms with van der Waals surface area (Å²) in [5.74, 6) is 0.323. The fourth-order valence-electron chi connectivity index (χ4n) is 2.38. The van der Waals surface area contributed by atoms with Gasteiger partial charge < -0.3 is 19.9 Å². The molecular formula is C20H23NO6S. The lowest BCUT2D eigenvalue weighted by Crippen LogP contribution is -2.10. The summed E-state index contributed by atoms with van der Waals surface area (Å²) in [6, 6.07) is 9.00. The molecule has 0 saturated heterocycles. The van der Waals surface area contributed by atoms with Gasteiger partial charge in [-0.05, 0) is 48.9 Å². The minimum atomic E-state index is -3.45. The highest BCUT2D eigenvalue weighted by molar-refractivity contribution is 7.91. The van der Waals surface area contributed by atoms with Crippen molar-refractivity contribution in [1.29, 1.82) is 0 Å². The Morgan fingerprint density at radius 3 is 2.54 bits per heavy atom. The van der Waals surface area contributed by atoms with Gasteiger partial charge in [0.1, 0.15) is 5.75 Å². The molecule has 2 aromatic rings.